The van der Waals surface area contributed by atoms with E-state index in [2.05, 4.69) is 0 Å². The number of carboxylic acid groups (broad SMARTS) is 1. The van der Waals surface area contributed by atoms with Gasteiger partial charge in [0.15, 0.2) is 0 Å². The van der Waals surface area contributed by atoms with Gasteiger partial charge in [0, 0.05) is 0 Å². The zero-order valence-electron chi connectivity index (χ0n) is 8.69. The average Bonchev–Trinajstić information content (AvgIpc) is 2.39. The summed E-state index contributed by atoms with van der Waals surface area (Å²) in [5.74, 6) is -0.203. The highest BCUT2D eigenvalue weighted by Gasteiger charge is 2.23. The average molecular weight is 206 g/mol. The molecule has 0 radical (unpaired) electrons. The summed E-state index contributed by atoms with van der Waals surface area (Å²) in [5, 5.41) is 9.00. The molecule has 0 saturated carbocycles. The van der Waals surface area contributed by atoms with Gasteiger partial charge < -0.3 is 9.84 Å². The molecule has 3 nitrogen and oxygen atoms in total. The molecule has 1 atom stereocenters. The van der Waals surface area contributed by atoms with Crippen LogP contribution in [0, 0.1) is 12.8 Å². The van der Waals surface area contributed by atoms with Crippen molar-refractivity contribution in [3.05, 3.63) is 29.3 Å². The number of carbonyl (C=O) groups is 1. The van der Waals surface area contributed by atoms with E-state index in [1.54, 1.807) is 0 Å². The number of hydrogen-bond acceptors (Lipinski definition) is 2. The van der Waals surface area contributed by atoms with Crippen LogP contribution >= 0.6 is 0 Å². The van der Waals surface area contributed by atoms with Gasteiger partial charge in [-0.05, 0) is 31.4 Å². The Balaban J connectivity index is 2.31. The molecule has 1 aromatic carbocycles. The zero-order valence-corrected chi connectivity index (χ0v) is 8.69. The molecular weight excluding hydrogens is 192 g/mol. The van der Waals surface area contributed by atoms with Crippen molar-refractivity contribution in [2.75, 3.05) is 6.61 Å². The predicted molar refractivity (Wildman–Crippen MR) is 56.1 cm³/mol. The highest BCUT2D eigenvalue weighted by molar-refractivity contribution is 5.70. The minimum Gasteiger partial charge on any atom is -0.493 e. The van der Waals surface area contributed by atoms with Crippen LogP contribution in [-0.4, -0.2) is 17.7 Å². The molecule has 2 rings (SSSR count). The van der Waals surface area contributed by atoms with E-state index in [0.717, 1.165) is 16.9 Å². The largest absolute Gasteiger partial charge is 0.493 e. The number of rotatable bonds is 1. The first-order chi connectivity index (χ1) is 7.16. The number of hydrogen-bond donors (Lipinski definition) is 1. The number of fused-ring (bicyclic) bond motifs is 1. The van der Waals surface area contributed by atoms with Crippen molar-refractivity contribution in [2.45, 2.75) is 19.8 Å². The van der Waals surface area contributed by atoms with Gasteiger partial charge in [0.2, 0.25) is 0 Å². The second kappa shape index (κ2) is 3.93. The standard InChI is InChI=1S/C12H14O3/c1-8-2-3-11-10(6-8)7-9(12(13)14)4-5-15-11/h2-3,6,9H,4-5,7H2,1H3,(H,13,14). The van der Waals surface area contributed by atoms with Crippen molar-refractivity contribution in [1.82, 2.24) is 0 Å². The lowest BCUT2D eigenvalue weighted by molar-refractivity contribution is -0.142. The molecule has 0 bridgehead atoms. The maximum absolute atomic E-state index is 10.9. The third kappa shape index (κ3) is 2.12. The van der Waals surface area contributed by atoms with Crippen LogP contribution in [0.2, 0.25) is 0 Å². The molecule has 1 unspecified atom stereocenters. The summed E-state index contributed by atoms with van der Waals surface area (Å²) in [6.07, 6.45) is 1.16. The molecule has 1 aliphatic heterocycles. The lowest BCUT2D eigenvalue weighted by Gasteiger charge is -2.08. The van der Waals surface area contributed by atoms with Gasteiger partial charge in [-0.25, -0.2) is 0 Å². The normalized spacial score (nSPS) is 19.9. The summed E-state index contributed by atoms with van der Waals surface area (Å²) >= 11 is 0. The molecular formula is C12H14O3. The molecule has 1 aromatic rings. The number of aliphatic carboxylic acids is 1. The molecule has 80 valence electrons. The Labute approximate surface area is 88.7 Å². The van der Waals surface area contributed by atoms with Crippen molar-refractivity contribution in [3.63, 3.8) is 0 Å². The van der Waals surface area contributed by atoms with Crippen LogP contribution in [0.1, 0.15) is 17.5 Å². The van der Waals surface area contributed by atoms with Crippen molar-refractivity contribution < 1.29 is 14.6 Å². The summed E-state index contributed by atoms with van der Waals surface area (Å²) in [7, 11) is 0. The molecule has 0 amide bonds. The first-order valence-corrected chi connectivity index (χ1v) is 5.12. The number of ether oxygens (including phenoxy) is 1. The highest BCUT2D eigenvalue weighted by Crippen LogP contribution is 2.27. The van der Waals surface area contributed by atoms with Gasteiger partial charge >= 0.3 is 5.97 Å². The van der Waals surface area contributed by atoms with Gasteiger partial charge in [0.25, 0.3) is 0 Å². The van der Waals surface area contributed by atoms with E-state index in [4.69, 9.17) is 9.84 Å². The summed E-state index contributed by atoms with van der Waals surface area (Å²) < 4.78 is 5.52. The molecule has 0 saturated heterocycles. The van der Waals surface area contributed by atoms with Crippen LogP contribution in [0.4, 0.5) is 0 Å². The fourth-order valence-electron chi connectivity index (χ4n) is 1.90. The minimum absolute atomic E-state index is 0.312. The topological polar surface area (TPSA) is 46.5 Å². The Morgan fingerprint density at radius 3 is 3.07 bits per heavy atom. The first-order valence-electron chi connectivity index (χ1n) is 5.12. The van der Waals surface area contributed by atoms with E-state index < -0.39 is 5.97 Å². The van der Waals surface area contributed by atoms with Crippen molar-refractivity contribution in [3.8, 4) is 5.75 Å². The molecule has 0 aliphatic carbocycles. The van der Waals surface area contributed by atoms with E-state index in [9.17, 15) is 4.79 Å². The second-order valence-corrected chi connectivity index (χ2v) is 3.99. The van der Waals surface area contributed by atoms with Crippen LogP contribution in [0.15, 0.2) is 18.2 Å². The van der Waals surface area contributed by atoms with Gasteiger partial charge in [-0.3, -0.25) is 4.79 Å². The van der Waals surface area contributed by atoms with Crippen LogP contribution in [0.3, 0.4) is 0 Å². The van der Waals surface area contributed by atoms with E-state index in [-0.39, 0.29) is 5.92 Å². The molecule has 0 fully saturated rings. The summed E-state index contributed by atoms with van der Waals surface area (Å²) in [6.45, 7) is 2.49. The van der Waals surface area contributed by atoms with Gasteiger partial charge in [0.05, 0.1) is 12.5 Å². The molecule has 1 N–H and O–H groups in total. The second-order valence-electron chi connectivity index (χ2n) is 3.99. The fraction of sp³-hybridized carbons (Fsp3) is 0.417. The Morgan fingerprint density at radius 2 is 2.33 bits per heavy atom. The van der Waals surface area contributed by atoms with Crippen LogP contribution < -0.4 is 4.74 Å². The lowest BCUT2D eigenvalue weighted by Crippen LogP contribution is -2.16. The smallest absolute Gasteiger partial charge is 0.306 e. The number of benzene rings is 1. The van der Waals surface area contributed by atoms with E-state index in [1.807, 2.05) is 25.1 Å². The van der Waals surface area contributed by atoms with Crippen LogP contribution in [0.25, 0.3) is 0 Å². The van der Waals surface area contributed by atoms with Crippen molar-refractivity contribution in [2.24, 2.45) is 5.92 Å². The first kappa shape index (κ1) is 10.0. The monoisotopic (exact) mass is 206 g/mol. The summed E-state index contributed by atoms with van der Waals surface area (Å²) in [5.41, 5.74) is 2.16. The molecule has 0 aromatic heterocycles. The number of carboxylic acids is 1. The van der Waals surface area contributed by atoms with Crippen LogP contribution in [0.5, 0.6) is 5.75 Å². The zero-order chi connectivity index (χ0) is 10.8. The summed E-state index contributed by atoms with van der Waals surface area (Å²) in [4.78, 5) is 10.9. The Kier molecular flexibility index (Phi) is 2.62. The van der Waals surface area contributed by atoms with E-state index in [1.165, 1.54) is 0 Å². The van der Waals surface area contributed by atoms with Gasteiger partial charge in [0.1, 0.15) is 5.75 Å². The van der Waals surface area contributed by atoms with Crippen molar-refractivity contribution in [1.29, 1.82) is 0 Å². The van der Waals surface area contributed by atoms with Crippen molar-refractivity contribution >= 4 is 5.97 Å². The van der Waals surface area contributed by atoms with Gasteiger partial charge in [-0.15, -0.1) is 0 Å². The number of aryl methyl sites for hydroxylation is 1. The molecule has 1 aliphatic rings. The SMILES string of the molecule is Cc1ccc2c(c1)CC(C(=O)O)CCO2. The molecule has 0 spiro atoms. The maximum atomic E-state index is 10.9. The lowest BCUT2D eigenvalue weighted by atomic mass is 9.96. The highest BCUT2D eigenvalue weighted by atomic mass is 16.5. The predicted octanol–water partition coefficient (Wildman–Crippen LogP) is 2.02. The quantitative estimate of drug-likeness (QED) is 0.764. The minimum atomic E-state index is -0.729. The third-order valence-corrected chi connectivity index (χ3v) is 2.76. The Bertz CT molecular complexity index is 384. The maximum Gasteiger partial charge on any atom is 0.306 e. The summed E-state index contributed by atoms with van der Waals surface area (Å²) in [6, 6.07) is 5.92. The Hall–Kier alpha value is -1.51. The van der Waals surface area contributed by atoms with Gasteiger partial charge in [-0.2, -0.15) is 0 Å². The molecule has 1 heterocycles. The molecule has 3 heteroatoms. The van der Waals surface area contributed by atoms with E-state index >= 15 is 0 Å². The van der Waals surface area contributed by atoms with E-state index in [0.29, 0.717) is 19.4 Å². The fourth-order valence-corrected chi connectivity index (χ4v) is 1.90. The van der Waals surface area contributed by atoms with Crippen LogP contribution in [-0.2, 0) is 11.2 Å². The molecule has 15 heavy (non-hydrogen) atoms. The Morgan fingerprint density at radius 1 is 1.53 bits per heavy atom. The van der Waals surface area contributed by atoms with Gasteiger partial charge in [-0.1, -0.05) is 17.7 Å². The third-order valence-electron chi connectivity index (χ3n) is 2.76.